The van der Waals surface area contributed by atoms with Gasteiger partial charge in [0.05, 0.1) is 12.5 Å². The topological polar surface area (TPSA) is 105 Å². The molecule has 1 aliphatic heterocycles. The number of sulfonamides is 2. The van der Waals surface area contributed by atoms with Gasteiger partial charge in [0.15, 0.2) is 0 Å². The second-order valence-electron chi connectivity index (χ2n) is 7.88. The van der Waals surface area contributed by atoms with E-state index in [4.69, 9.17) is 4.74 Å². The number of hydrogen-bond donors (Lipinski definition) is 2. The Morgan fingerprint density at radius 3 is 1.81 bits per heavy atom. The molecule has 1 saturated heterocycles. The zero-order valence-electron chi connectivity index (χ0n) is 17.7. The van der Waals surface area contributed by atoms with Crippen LogP contribution < -0.4 is 14.2 Å². The van der Waals surface area contributed by atoms with Gasteiger partial charge < -0.3 is 9.64 Å². The van der Waals surface area contributed by atoms with Crippen molar-refractivity contribution in [3.63, 3.8) is 0 Å². The molecule has 0 saturated carbocycles. The van der Waals surface area contributed by atoms with E-state index in [9.17, 15) is 16.8 Å². The van der Waals surface area contributed by atoms with E-state index < -0.39 is 20.0 Å². The lowest BCUT2D eigenvalue weighted by molar-refractivity contribution is 0.101. The first-order chi connectivity index (χ1) is 14.6. The van der Waals surface area contributed by atoms with Crippen LogP contribution in [0.3, 0.4) is 0 Å². The fourth-order valence-corrected chi connectivity index (χ4v) is 4.63. The molecule has 0 spiro atoms. The first-order valence-corrected chi connectivity index (χ1v) is 13.9. The molecule has 2 aromatic carbocycles. The molecule has 0 bridgehead atoms. The fourth-order valence-electron chi connectivity index (χ4n) is 3.50. The largest absolute Gasteiger partial charge is 0.490 e. The number of nitrogens with zero attached hydrogens (tertiary/aromatic N) is 1. The van der Waals surface area contributed by atoms with E-state index in [0.29, 0.717) is 11.4 Å². The van der Waals surface area contributed by atoms with E-state index >= 15 is 0 Å². The van der Waals surface area contributed by atoms with Gasteiger partial charge in [-0.3, -0.25) is 9.44 Å². The summed E-state index contributed by atoms with van der Waals surface area (Å²) < 4.78 is 56.0. The Labute approximate surface area is 184 Å². The van der Waals surface area contributed by atoms with Crippen molar-refractivity contribution in [2.24, 2.45) is 0 Å². The van der Waals surface area contributed by atoms with Gasteiger partial charge in [0.1, 0.15) is 11.9 Å². The lowest BCUT2D eigenvalue weighted by Crippen LogP contribution is -2.39. The van der Waals surface area contributed by atoms with Gasteiger partial charge in [-0.05, 0) is 61.2 Å². The van der Waals surface area contributed by atoms with Crippen LogP contribution in [0.25, 0.3) is 0 Å². The third-order valence-corrected chi connectivity index (χ3v) is 6.18. The monoisotopic (exact) mass is 467 g/mol. The summed E-state index contributed by atoms with van der Waals surface area (Å²) >= 11 is 0. The first-order valence-electron chi connectivity index (χ1n) is 10.1. The van der Waals surface area contributed by atoms with Crippen LogP contribution in [0, 0.1) is 0 Å². The van der Waals surface area contributed by atoms with Crippen molar-refractivity contribution in [2.45, 2.75) is 25.4 Å². The molecule has 1 aliphatic rings. The molecule has 10 heteroatoms. The molecule has 31 heavy (non-hydrogen) atoms. The summed E-state index contributed by atoms with van der Waals surface area (Å²) in [6.07, 6.45) is 5.17. The molecule has 0 atom stereocenters. The second-order valence-corrected chi connectivity index (χ2v) is 11.4. The zero-order valence-corrected chi connectivity index (χ0v) is 19.4. The predicted octanol–water partition coefficient (Wildman–Crippen LogP) is 2.52. The van der Waals surface area contributed by atoms with Crippen molar-refractivity contribution in [1.82, 2.24) is 4.90 Å². The number of ether oxygens (including phenoxy) is 1. The van der Waals surface area contributed by atoms with Crippen LogP contribution in [0.4, 0.5) is 11.4 Å². The lowest BCUT2D eigenvalue weighted by Gasteiger charge is -2.32. The van der Waals surface area contributed by atoms with Gasteiger partial charge in [0.2, 0.25) is 20.0 Å². The van der Waals surface area contributed by atoms with E-state index in [-0.39, 0.29) is 6.10 Å². The zero-order chi connectivity index (χ0) is 22.5. The summed E-state index contributed by atoms with van der Waals surface area (Å²) in [5, 5.41) is 0. The highest BCUT2D eigenvalue weighted by molar-refractivity contribution is 7.92. The number of nitrogens with one attached hydrogen (secondary N) is 2. The van der Waals surface area contributed by atoms with Crippen molar-refractivity contribution in [2.75, 3.05) is 41.6 Å². The van der Waals surface area contributed by atoms with E-state index in [1.54, 1.807) is 36.4 Å². The van der Waals surface area contributed by atoms with E-state index in [2.05, 4.69) is 14.3 Å². The fraction of sp³-hybridized carbons (Fsp3) is 0.429. The molecule has 170 valence electrons. The van der Waals surface area contributed by atoms with Crippen LogP contribution in [-0.2, 0) is 26.5 Å². The number of likely N-dealkylation sites (tertiary alicyclic amines) is 1. The van der Waals surface area contributed by atoms with Crippen molar-refractivity contribution >= 4 is 31.4 Å². The van der Waals surface area contributed by atoms with Gasteiger partial charge in [-0.2, -0.15) is 0 Å². The Morgan fingerprint density at radius 2 is 1.32 bits per heavy atom. The molecule has 1 fully saturated rings. The number of piperidine rings is 1. The summed E-state index contributed by atoms with van der Waals surface area (Å²) in [5.41, 5.74) is 2.26. The number of benzene rings is 2. The summed E-state index contributed by atoms with van der Waals surface area (Å²) in [7, 11) is -6.54. The first kappa shape index (κ1) is 23.4. The van der Waals surface area contributed by atoms with Gasteiger partial charge in [0, 0.05) is 31.0 Å². The highest BCUT2D eigenvalue weighted by Crippen LogP contribution is 2.22. The molecule has 1 heterocycles. The Kier molecular flexibility index (Phi) is 7.45. The molecule has 3 rings (SSSR count). The van der Waals surface area contributed by atoms with Crippen molar-refractivity contribution in [3.8, 4) is 5.75 Å². The standard InChI is InChI=1S/C21H29N3O5S2/c1-30(25,26)22-18-5-3-17(4-6-18)11-14-24-15-12-21(13-16-24)29-20-9-7-19(8-10-20)23-31(2,27)28/h3-10,21-23H,11-16H2,1-2H3. The quantitative estimate of drug-likeness (QED) is 0.587. The van der Waals surface area contributed by atoms with Gasteiger partial charge >= 0.3 is 0 Å². The molecule has 0 aliphatic carbocycles. The number of anilines is 2. The third kappa shape index (κ3) is 8.39. The van der Waals surface area contributed by atoms with Crippen LogP contribution in [0.15, 0.2) is 48.5 Å². The Morgan fingerprint density at radius 1 is 0.839 bits per heavy atom. The Hall–Kier alpha value is -2.30. The van der Waals surface area contributed by atoms with Crippen LogP contribution >= 0.6 is 0 Å². The molecular weight excluding hydrogens is 438 g/mol. The van der Waals surface area contributed by atoms with Gasteiger partial charge in [-0.25, -0.2) is 16.8 Å². The maximum Gasteiger partial charge on any atom is 0.229 e. The minimum atomic E-state index is -3.28. The summed E-state index contributed by atoms with van der Waals surface area (Å²) in [6.45, 7) is 2.84. The maximum atomic E-state index is 11.3. The predicted molar refractivity (Wildman–Crippen MR) is 124 cm³/mol. The van der Waals surface area contributed by atoms with Gasteiger partial charge in [0.25, 0.3) is 0 Å². The van der Waals surface area contributed by atoms with E-state index in [1.807, 2.05) is 12.1 Å². The second kappa shape index (κ2) is 9.88. The average molecular weight is 468 g/mol. The molecule has 0 unspecified atom stereocenters. The molecule has 0 radical (unpaired) electrons. The highest BCUT2D eigenvalue weighted by atomic mass is 32.2. The molecule has 0 amide bonds. The molecule has 8 nitrogen and oxygen atoms in total. The summed E-state index contributed by atoms with van der Waals surface area (Å²) in [6, 6.07) is 14.4. The third-order valence-electron chi connectivity index (χ3n) is 4.97. The SMILES string of the molecule is CS(=O)(=O)Nc1ccc(CCN2CCC(Oc3ccc(NS(C)(=O)=O)cc3)CC2)cc1. The summed E-state index contributed by atoms with van der Waals surface area (Å²) in [4.78, 5) is 2.40. The molecule has 0 aromatic heterocycles. The Bertz CT molecular complexity index is 1060. The van der Waals surface area contributed by atoms with Crippen LogP contribution in [0.1, 0.15) is 18.4 Å². The smallest absolute Gasteiger partial charge is 0.229 e. The number of rotatable bonds is 9. The van der Waals surface area contributed by atoms with Crippen LogP contribution in [0.5, 0.6) is 5.75 Å². The highest BCUT2D eigenvalue weighted by Gasteiger charge is 2.20. The van der Waals surface area contributed by atoms with Crippen molar-refractivity contribution < 1.29 is 21.6 Å². The molecule has 2 aromatic rings. The van der Waals surface area contributed by atoms with Gasteiger partial charge in [-0.15, -0.1) is 0 Å². The van der Waals surface area contributed by atoms with Gasteiger partial charge in [-0.1, -0.05) is 12.1 Å². The maximum absolute atomic E-state index is 11.3. The molecular formula is C21H29N3O5S2. The molecule has 2 N–H and O–H groups in total. The average Bonchev–Trinajstić information content (AvgIpc) is 2.68. The van der Waals surface area contributed by atoms with Crippen molar-refractivity contribution in [3.05, 3.63) is 54.1 Å². The summed E-state index contributed by atoms with van der Waals surface area (Å²) in [5.74, 6) is 0.736. The normalized spacial score (nSPS) is 16.1. The minimum absolute atomic E-state index is 0.145. The minimum Gasteiger partial charge on any atom is -0.490 e. The van der Waals surface area contributed by atoms with Crippen molar-refractivity contribution in [1.29, 1.82) is 0 Å². The van der Waals surface area contributed by atoms with Crippen LogP contribution in [0.2, 0.25) is 0 Å². The van der Waals surface area contributed by atoms with E-state index in [1.165, 1.54) is 5.56 Å². The number of hydrogen-bond acceptors (Lipinski definition) is 6. The Balaban J connectivity index is 1.40. The van der Waals surface area contributed by atoms with Crippen LogP contribution in [-0.4, -0.2) is 60.0 Å². The van der Waals surface area contributed by atoms with E-state index in [0.717, 1.165) is 57.2 Å². The lowest BCUT2D eigenvalue weighted by atomic mass is 10.1.